The lowest BCUT2D eigenvalue weighted by atomic mass is 10.1. The monoisotopic (exact) mass is 515 g/mol. The Labute approximate surface area is 191 Å². The average molecular weight is 515 g/mol. The van der Waals surface area contributed by atoms with Crippen LogP contribution >= 0.6 is 24.0 Å². The van der Waals surface area contributed by atoms with Crippen molar-refractivity contribution >= 4 is 36.0 Å². The van der Waals surface area contributed by atoms with E-state index in [-0.39, 0.29) is 36.1 Å². The molecule has 7 nitrogen and oxygen atoms in total. The maximum absolute atomic E-state index is 12.3. The van der Waals surface area contributed by atoms with Crippen molar-refractivity contribution in [2.24, 2.45) is 4.99 Å². The molecule has 162 valence electrons. The van der Waals surface area contributed by atoms with Crippen molar-refractivity contribution in [2.45, 2.75) is 45.5 Å². The molecule has 0 aliphatic carbocycles. The van der Waals surface area contributed by atoms with Crippen molar-refractivity contribution in [1.82, 2.24) is 20.0 Å². The first-order valence-electron chi connectivity index (χ1n) is 9.97. The van der Waals surface area contributed by atoms with Crippen molar-refractivity contribution in [3.63, 3.8) is 0 Å². The van der Waals surface area contributed by atoms with E-state index in [0.29, 0.717) is 19.6 Å². The van der Waals surface area contributed by atoms with Crippen LogP contribution in [0.15, 0.2) is 29.3 Å². The number of hydrogen-bond donors (Lipinski definition) is 1. The first-order valence-corrected chi connectivity index (χ1v) is 9.97. The van der Waals surface area contributed by atoms with Gasteiger partial charge < -0.3 is 24.8 Å². The predicted octanol–water partition coefficient (Wildman–Crippen LogP) is 2.75. The van der Waals surface area contributed by atoms with Gasteiger partial charge >= 0.3 is 6.09 Å². The number of benzene rings is 1. The summed E-state index contributed by atoms with van der Waals surface area (Å²) < 4.78 is 5.51. The highest BCUT2D eigenvalue weighted by atomic mass is 127. The molecule has 1 aromatic carbocycles. The SMILES string of the molecule is CN(C)Cc1ccccc1CNC1=NCC2CN(C(=O)OC(C)(C)C)CCN12.I. The third-order valence-electron chi connectivity index (χ3n) is 4.90. The summed E-state index contributed by atoms with van der Waals surface area (Å²) in [4.78, 5) is 23.3. The van der Waals surface area contributed by atoms with E-state index < -0.39 is 5.60 Å². The van der Waals surface area contributed by atoms with Gasteiger partial charge in [-0.2, -0.15) is 0 Å². The van der Waals surface area contributed by atoms with Crippen LogP contribution in [0.25, 0.3) is 0 Å². The molecule has 29 heavy (non-hydrogen) atoms. The Hall–Kier alpha value is -1.55. The van der Waals surface area contributed by atoms with Gasteiger partial charge in [-0.1, -0.05) is 24.3 Å². The molecule has 1 amide bonds. The number of nitrogens with zero attached hydrogens (tertiary/aromatic N) is 4. The number of hydrogen-bond acceptors (Lipinski definition) is 6. The summed E-state index contributed by atoms with van der Waals surface area (Å²) in [5.74, 6) is 0.938. The Morgan fingerprint density at radius 1 is 1.24 bits per heavy atom. The number of nitrogens with one attached hydrogen (secondary N) is 1. The first kappa shape index (κ1) is 23.7. The summed E-state index contributed by atoms with van der Waals surface area (Å²) in [5.41, 5.74) is 2.15. The molecule has 1 saturated heterocycles. The van der Waals surface area contributed by atoms with E-state index in [9.17, 15) is 4.79 Å². The van der Waals surface area contributed by atoms with Crippen LogP contribution in [0.5, 0.6) is 0 Å². The molecule has 2 aliphatic rings. The largest absolute Gasteiger partial charge is 0.444 e. The number of amides is 1. The smallest absolute Gasteiger partial charge is 0.410 e. The number of guanidine groups is 1. The number of fused-ring (bicyclic) bond motifs is 1. The quantitative estimate of drug-likeness (QED) is 0.626. The van der Waals surface area contributed by atoms with Gasteiger partial charge in [0.05, 0.1) is 12.6 Å². The van der Waals surface area contributed by atoms with E-state index in [1.54, 1.807) is 4.90 Å². The zero-order valence-corrected chi connectivity index (χ0v) is 20.5. The lowest BCUT2D eigenvalue weighted by Crippen LogP contribution is -2.57. The van der Waals surface area contributed by atoms with Gasteiger partial charge in [-0.15, -0.1) is 24.0 Å². The van der Waals surface area contributed by atoms with Crippen LogP contribution in [0.1, 0.15) is 31.9 Å². The Morgan fingerprint density at radius 2 is 1.93 bits per heavy atom. The first-order chi connectivity index (χ1) is 13.2. The minimum Gasteiger partial charge on any atom is -0.444 e. The molecular formula is C21H34IN5O2. The molecule has 1 atom stereocenters. The molecule has 1 fully saturated rings. The fourth-order valence-electron chi connectivity index (χ4n) is 3.62. The fourth-order valence-corrected chi connectivity index (χ4v) is 3.62. The van der Waals surface area contributed by atoms with Gasteiger partial charge in [0.15, 0.2) is 5.96 Å². The van der Waals surface area contributed by atoms with Gasteiger partial charge in [0, 0.05) is 32.7 Å². The second kappa shape index (κ2) is 9.97. The van der Waals surface area contributed by atoms with Crippen molar-refractivity contribution in [3.8, 4) is 0 Å². The summed E-state index contributed by atoms with van der Waals surface area (Å²) in [6.45, 7) is 10.2. The molecule has 2 heterocycles. The molecular weight excluding hydrogens is 481 g/mol. The van der Waals surface area contributed by atoms with Crippen LogP contribution in [0.4, 0.5) is 4.79 Å². The van der Waals surface area contributed by atoms with Crippen molar-refractivity contribution < 1.29 is 9.53 Å². The number of carbonyl (C=O) groups excluding carboxylic acids is 1. The Morgan fingerprint density at radius 3 is 2.59 bits per heavy atom. The van der Waals surface area contributed by atoms with Crippen molar-refractivity contribution in [3.05, 3.63) is 35.4 Å². The molecule has 3 rings (SSSR count). The van der Waals surface area contributed by atoms with Crippen LogP contribution < -0.4 is 5.32 Å². The number of aliphatic imine (C=N–C) groups is 1. The molecule has 0 saturated carbocycles. The van der Waals surface area contributed by atoms with Gasteiger partial charge in [0.25, 0.3) is 0 Å². The van der Waals surface area contributed by atoms with E-state index in [2.05, 4.69) is 53.5 Å². The minimum atomic E-state index is -0.465. The summed E-state index contributed by atoms with van der Waals surface area (Å²) in [6.07, 6.45) is -0.230. The van der Waals surface area contributed by atoms with Crippen molar-refractivity contribution in [2.75, 3.05) is 40.3 Å². The molecule has 0 aromatic heterocycles. The maximum atomic E-state index is 12.3. The molecule has 8 heteroatoms. The Bertz CT molecular complexity index is 732. The van der Waals surface area contributed by atoms with Gasteiger partial charge in [0.1, 0.15) is 5.60 Å². The lowest BCUT2D eigenvalue weighted by Gasteiger charge is -2.39. The zero-order chi connectivity index (χ0) is 20.3. The third kappa shape index (κ3) is 6.47. The highest BCUT2D eigenvalue weighted by Crippen LogP contribution is 2.19. The second-order valence-electron chi connectivity index (χ2n) is 8.80. The highest BCUT2D eigenvalue weighted by Gasteiger charge is 2.36. The van der Waals surface area contributed by atoms with Crippen LogP contribution in [0, 0.1) is 0 Å². The average Bonchev–Trinajstić information content (AvgIpc) is 3.01. The van der Waals surface area contributed by atoms with E-state index in [1.807, 2.05) is 20.8 Å². The van der Waals surface area contributed by atoms with Gasteiger partial charge in [-0.25, -0.2) is 4.79 Å². The van der Waals surface area contributed by atoms with Gasteiger partial charge in [-0.05, 0) is 46.0 Å². The molecule has 0 bridgehead atoms. The number of rotatable bonds is 4. The van der Waals surface area contributed by atoms with E-state index in [0.717, 1.165) is 25.6 Å². The second-order valence-corrected chi connectivity index (χ2v) is 8.80. The number of halogens is 1. The van der Waals surface area contributed by atoms with E-state index >= 15 is 0 Å². The topological polar surface area (TPSA) is 60.4 Å². The number of carbonyl (C=O) groups is 1. The Balaban J connectivity index is 0.00000300. The molecule has 0 radical (unpaired) electrons. The summed E-state index contributed by atoms with van der Waals surface area (Å²) in [7, 11) is 4.17. The fraction of sp³-hybridized carbons (Fsp3) is 0.619. The standard InChI is InChI=1S/C21H33N5O2.HI/c1-21(2,3)28-20(27)25-10-11-26-18(15-25)13-23-19(26)22-12-16-8-6-7-9-17(16)14-24(4)5;/h6-9,18H,10-15H2,1-5H3,(H,22,23);1H. The Kier molecular flexibility index (Phi) is 8.16. The van der Waals surface area contributed by atoms with Crippen molar-refractivity contribution in [1.29, 1.82) is 0 Å². The number of ether oxygens (including phenoxy) is 1. The number of piperazine rings is 1. The summed E-state index contributed by atoms with van der Waals surface area (Å²) in [6, 6.07) is 8.73. The van der Waals surface area contributed by atoms with E-state index in [4.69, 9.17) is 9.73 Å². The highest BCUT2D eigenvalue weighted by molar-refractivity contribution is 14.0. The van der Waals surface area contributed by atoms with Crippen LogP contribution in [0.3, 0.4) is 0 Å². The summed E-state index contributed by atoms with van der Waals surface area (Å²) >= 11 is 0. The van der Waals surface area contributed by atoms with Crippen LogP contribution in [-0.4, -0.2) is 78.7 Å². The maximum Gasteiger partial charge on any atom is 0.410 e. The minimum absolute atomic E-state index is 0. The molecule has 1 N–H and O–H groups in total. The van der Waals surface area contributed by atoms with Gasteiger partial charge in [0.2, 0.25) is 0 Å². The van der Waals surface area contributed by atoms with Crippen LogP contribution in [-0.2, 0) is 17.8 Å². The zero-order valence-electron chi connectivity index (χ0n) is 18.1. The normalized spacial score (nSPS) is 18.8. The molecule has 0 spiro atoms. The predicted molar refractivity (Wildman–Crippen MR) is 127 cm³/mol. The molecule has 1 unspecified atom stereocenters. The van der Waals surface area contributed by atoms with E-state index in [1.165, 1.54) is 11.1 Å². The summed E-state index contributed by atoms with van der Waals surface area (Å²) in [5, 5.41) is 3.52. The van der Waals surface area contributed by atoms with Crippen LogP contribution in [0.2, 0.25) is 0 Å². The molecule has 2 aliphatic heterocycles. The third-order valence-corrected chi connectivity index (χ3v) is 4.90. The van der Waals surface area contributed by atoms with Gasteiger partial charge in [-0.3, -0.25) is 4.99 Å². The lowest BCUT2D eigenvalue weighted by molar-refractivity contribution is 0.0137. The molecule has 1 aromatic rings.